The Morgan fingerprint density at radius 3 is 2.73 bits per heavy atom. The number of nitrogens with zero attached hydrogens (tertiary/aromatic N) is 6. The molecule has 1 aliphatic rings. The zero-order valence-electron chi connectivity index (χ0n) is 19.1. The zero-order chi connectivity index (χ0) is 23.1. The fraction of sp³-hybridized carbons (Fsp3) is 0.391. The third-order valence-corrected chi connectivity index (χ3v) is 6.17. The lowest BCUT2D eigenvalue weighted by atomic mass is 10.1. The number of aromatic nitrogens is 6. The van der Waals surface area contributed by atoms with Gasteiger partial charge in [-0.15, -0.1) is 5.10 Å². The molecule has 0 amide bonds. The molecule has 9 nitrogen and oxygen atoms in total. The Labute approximate surface area is 196 Å². The van der Waals surface area contributed by atoms with Crippen LogP contribution in [-0.4, -0.2) is 43.2 Å². The zero-order valence-corrected chi connectivity index (χ0v) is 19.8. The van der Waals surface area contributed by atoms with Crippen molar-refractivity contribution in [3.05, 3.63) is 40.9 Å². The number of aryl methyl sites for hydroxylation is 3. The van der Waals surface area contributed by atoms with E-state index in [1.54, 1.807) is 17.9 Å². The maximum Gasteiger partial charge on any atom is 0.166 e. The number of anilines is 2. The molecular weight excluding hydrogens is 442 g/mol. The summed E-state index contributed by atoms with van der Waals surface area (Å²) in [6.45, 7) is 4.63. The van der Waals surface area contributed by atoms with Crippen LogP contribution in [0.15, 0.2) is 24.3 Å². The van der Waals surface area contributed by atoms with Crippen LogP contribution in [0.4, 0.5) is 11.4 Å². The van der Waals surface area contributed by atoms with Gasteiger partial charge in [0.2, 0.25) is 0 Å². The van der Waals surface area contributed by atoms with Gasteiger partial charge < -0.3 is 14.8 Å². The fourth-order valence-electron chi connectivity index (χ4n) is 4.53. The van der Waals surface area contributed by atoms with Crippen LogP contribution in [0.2, 0.25) is 5.15 Å². The van der Waals surface area contributed by atoms with Crippen LogP contribution < -0.4 is 10.1 Å². The second kappa shape index (κ2) is 8.64. The van der Waals surface area contributed by atoms with Gasteiger partial charge in [0.25, 0.3) is 0 Å². The highest BCUT2D eigenvalue weighted by Crippen LogP contribution is 2.40. The second-order valence-electron chi connectivity index (χ2n) is 8.17. The molecule has 33 heavy (non-hydrogen) atoms. The highest BCUT2D eigenvalue weighted by Gasteiger charge is 2.24. The van der Waals surface area contributed by atoms with Crippen LogP contribution in [0.5, 0.6) is 5.75 Å². The van der Waals surface area contributed by atoms with Gasteiger partial charge in [0, 0.05) is 25.3 Å². The minimum Gasteiger partial charge on any atom is -0.494 e. The summed E-state index contributed by atoms with van der Waals surface area (Å²) in [4.78, 5) is 9.41. The van der Waals surface area contributed by atoms with E-state index in [0.717, 1.165) is 65.5 Å². The monoisotopic (exact) mass is 467 g/mol. The quantitative estimate of drug-likeness (QED) is 0.415. The van der Waals surface area contributed by atoms with E-state index < -0.39 is 0 Å². The third kappa shape index (κ3) is 3.81. The summed E-state index contributed by atoms with van der Waals surface area (Å²) in [6.07, 6.45) is 3.03. The van der Waals surface area contributed by atoms with Crippen LogP contribution in [0.25, 0.3) is 22.4 Å². The van der Waals surface area contributed by atoms with Crippen LogP contribution in [0.1, 0.15) is 37.0 Å². The molecule has 0 saturated carbocycles. The number of rotatable bonds is 5. The number of para-hydroxylation sites is 1. The van der Waals surface area contributed by atoms with E-state index in [1.807, 2.05) is 43.7 Å². The number of pyridine rings is 1. The average Bonchev–Trinajstić information content (AvgIpc) is 3.32. The topological polar surface area (TPSA) is 91.9 Å². The number of halogens is 1. The van der Waals surface area contributed by atoms with Gasteiger partial charge in [-0.2, -0.15) is 0 Å². The van der Waals surface area contributed by atoms with E-state index in [1.165, 1.54) is 0 Å². The van der Waals surface area contributed by atoms with E-state index in [2.05, 4.69) is 20.6 Å². The van der Waals surface area contributed by atoms with Crippen LogP contribution in [-0.2, 0) is 11.8 Å². The predicted octanol–water partition coefficient (Wildman–Crippen LogP) is 4.95. The maximum absolute atomic E-state index is 6.45. The van der Waals surface area contributed by atoms with Gasteiger partial charge in [-0.05, 0) is 45.2 Å². The summed E-state index contributed by atoms with van der Waals surface area (Å²) in [6, 6.07) is 7.69. The lowest BCUT2D eigenvalue weighted by molar-refractivity contribution is -0.0309. The van der Waals surface area contributed by atoms with Crippen molar-refractivity contribution in [2.24, 2.45) is 7.05 Å². The first-order valence-corrected chi connectivity index (χ1v) is 11.3. The molecule has 1 unspecified atom stereocenters. The van der Waals surface area contributed by atoms with Gasteiger partial charge in [0.15, 0.2) is 11.4 Å². The van der Waals surface area contributed by atoms with E-state index in [9.17, 15) is 0 Å². The Morgan fingerprint density at radius 2 is 2.03 bits per heavy atom. The van der Waals surface area contributed by atoms with Gasteiger partial charge in [-0.3, -0.25) is 4.57 Å². The van der Waals surface area contributed by atoms with E-state index in [4.69, 9.17) is 26.1 Å². The Hall–Kier alpha value is -3.17. The first-order chi connectivity index (χ1) is 16.0. The molecule has 1 atom stereocenters. The molecule has 0 aliphatic carbocycles. The summed E-state index contributed by atoms with van der Waals surface area (Å²) < 4.78 is 15.6. The van der Waals surface area contributed by atoms with Gasteiger partial charge in [-0.25, -0.2) is 14.6 Å². The van der Waals surface area contributed by atoms with Gasteiger partial charge >= 0.3 is 0 Å². The van der Waals surface area contributed by atoms with Crippen molar-refractivity contribution < 1.29 is 9.47 Å². The lowest BCUT2D eigenvalue weighted by Gasteiger charge is -2.25. The summed E-state index contributed by atoms with van der Waals surface area (Å²) in [5, 5.41) is 12.2. The molecule has 4 heterocycles. The van der Waals surface area contributed by atoms with Crippen molar-refractivity contribution in [1.29, 1.82) is 0 Å². The smallest absolute Gasteiger partial charge is 0.166 e. The normalized spacial score (nSPS) is 16.3. The highest BCUT2D eigenvalue weighted by molar-refractivity contribution is 6.30. The Kier molecular flexibility index (Phi) is 5.67. The standard InChI is InChI=1S/C23H26ClN7O2/c1-13-21(30(3)29-28-13)15-8-7-9-16(22(15)32-4)26-17-12-18(24)27-23-20(17)25-14(2)31(23)19-10-5-6-11-33-19/h7-9,12,19H,5-6,10-11H2,1-4H3,(H,26,27). The number of imidazole rings is 1. The number of hydrogen-bond donors (Lipinski definition) is 1. The molecular formula is C23H26ClN7O2. The van der Waals surface area contributed by atoms with Crippen molar-refractivity contribution in [2.75, 3.05) is 19.0 Å². The third-order valence-electron chi connectivity index (χ3n) is 5.98. The first kappa shape index (κ1) is 21.7. The van der Waals surface area contributed by atoms with Crippen LogP contribution in [0.3, 0.4) is 0 Å². The molecule has 1 saturated heterocycles. The van der Waals surface area contributed by atoms with Crippen molar-refractivity contribution in [2.45, 2.75) is 39.3 Å². The first-order valence-electron chi connectivity index (χ1n) is 10.9. The van der Waals surface area contributed by atoms with Crippen molar-refractivity contribution >= 4 is 34.1 Å². The van der Waals surface area contributed by atoms with E-state index in [0.29, 0.717) is 16.5 Å². The second-order valence-corrected chi connectivity index (χ2v) is 8.56. The largest absolute Gasteiger partial charge is 0.494 e. The molecule has 0 spiro atoms. The summed E-state index contributed by atoms with van der Waals surface area (Å²) in [5.41, 5.74) is 5.57. The lowest BCUT2D eigenvalue weighted by Crippen LogP contribution is -2.19. The molecule has 0 radical (unpaired) electrons. The molecule has 0 bridgehead atoms. The summed E-state index contributed by atoms with van der Waals surface area (Å²) in [5.74, 6) is 1.52. The number of methoxy groups -OCH3 is 1. The van der Waals surface area contributed by atoms with Crippen LogP contribution in [0, 0.1) is 13.8 Å². The summed E-state index contributed by atoms with van der Waals surface area (Å²) in [7, 11) is 3.52. The number of fused-ring (bicyclic) bond motifs is 1. The minimum absolute atomic E-state index is 0.0826. The predicted molar refractivity (Wildman–Crippen MR) is 127 cm³/mol. The molecule has 3 aromatic heterocycles. The van der Waals surface area contributed by atoms with Gasteiger partial charge in [0.05, 0.1) is 29.9 Å². The Bertz CT molecular complexity index is 1300. The number of benzene rings is 1. The van der Waals surface area contributed by atoms with E-state index >= 15 is 0 Å². The molecule has 172 valence electrons. The Balaban J connectivity index is 1.61. The molecule has 1 aliphatic heterocycles. The van der Waals surface area contributed by atoms with Gasteiger partial charge in [0.1, 0.15) is 22.7 Å². The summed E-state index contributed by atoms with van der Waals surface area (Å²) >= 11 is 6.45. The highest BCUT2D eigenvalue weighted by atomic mass is 35.5. The number of nitrogens with one attached hydrogen (secondary N) is 1. The fourth-order valence-corrected chi connectivity index (χ4v) is 4.71. The van der Waals surface area contributed by atoms with Crippen molar-refractivity contribution in [1.82, 2.24) is 29.5 Å². The van der Waals surface area contributed by atoms with Gasteiger partial charge in [-0.1, -0.05) is 22.9 Å². The average molecular weight is 468 g/mol. The molecule has 1 N–H and O–H groups in total. The van der Waals surface area contributed by atoms with E-state index in [-0.39, 0.29) is 6.23 Å². The minimum atomic E-state index is -0.0826. The molecule has 10 heteroatoms. The van der Waals surface area contributed by atoms with Crippen molar-refractivity contribution in [3.63, 3.8) is 0 Å². The molecule has 5 rings (SSSR count). The molecule has 1 aromatic carbocycles. The molecule has 4 aromatic rings. The van der Waals surface area contributed by atoms with Crippen LogP contribution >= 0.6 is 11.6 Å². The molecule has 1 fully saturated rings. The maximum atomic E-state index is 6.45. The number of hydrogen-bond acceptors (Lipinski definition) is 7. The SMILES string of the molecule is COc1c(Nc2cc(Cl)nc3c2nc(C)n3C2CCCCO2)cccc1-c1c(C)nnn1C. The van der Waals surface area contributed by atoms with Crippen molar-refractivity contribution in [3.8, 4) is 17.0 Å². The number of ether oxygens (including phenoxy) is 2. The Morgan fingerprint density at radius 1 is 1.18 bits per heavy atom.